The molecule has 1 aliphatic rings. The summed E-state index contributed by atoms with van der Waals surface area (Å²) in [6.07, 6.45) is -2.78. The van der Waals surface area contributed by atoms with Crippen LogP contribution in [-0.2, 0) is 4.74 Å². The van der Waals surface area contributed by atoms with Crippen molar-refractivity contribution in [2.24, 2.45) is 5.41 Å². The van der Waals surface area contributed by atoms with Gasteiger partial charge in [0.1, 0.15) is 6.54 Å². The van der Waals surface area contributed by atoms with Crippen LogP contribution in [-0.4, -0.2) is 38.5 Å². The molecule has 7 heteroatoms. The van der Waals surface area contributed by atoms with E-state index in [9.17, 15) is 18.0 Å². The lowest BCUT2D eigenvalue weighted by atomic mass is 9.82. The van der Waals surface area contributed by atoms with Crippen LogP contribution in [0, 0.1) is 5.41 Å². The topological polar surface area (TPSA) is 50.4 Å². The number of hydrogen-bond acceptors (Lipinski definition) is 2. The molecule has 2 amide bonds. The van der Waals surface area contributed by atoms with E-state index in [0.717, 1.165) is 12.8 Å². The molecule has 2 N–H and O–H groups in total. The normalized spacial score (nSPS) is 19.8. The van der Waals surface area contributed by atoms with E-state index in [2.05, 4.69) is 5.32 Å². The van der Waals surface area contributed by atoms with Crippen molar-refractivity contribution in [3.63, 3.8) is 0 Å². The minimum Gasteiger partial charge on any atom is -0.381 e. The van der Waals surface area contributed by atoms with Gasteiger partial charge >= 0.3 is 12.2 Å². The first-order valence-corrected chi connectivity index (χ1v) is 5.47. The summed E-state index contributed by atoms with van der Waals surface area (Å²) in [5.74, 6) is 0. The van der Waals surface area contributed by atoms with E-state index in [0.29, 0.717) is 19.8 Å². The zero-order chi connectivity index (χ0) is 12.9. The number of alkyl halides is 3. The molecule has 0 aliphatic carbocycles. The Labute approximate surface area is 97.9 Å². The van der Waals surface area contributed by atoms with Crippen LogP contribution < -0.4 is 10.6 Å². The van der Waals surface area contributed by atoms with Crippen molar-refractivity contribution in [2.75, 3.05) is 26.3 Å². The average molecular weight is 254 g/mol. The van der Waals surface area contributed by atoms with Crippen molar-refractivity contribution in [2.45, 2.75) is 25.9 Å². The van der Waals surface area contributed by atoms with Crippen molar-refractivity contribution < 1.29 is 22.7 Å². The molecule has 1 heterocycles. The molecule has 1 fully saturated rings. The molecule has 0 aromatic heterocycles. The highest BCUT2D eigenvalue weighted by atomic mass is 19.4. The van der Waals surface area contributed by atoms with Gasteiger partial charge < -0.3 is 15.4 Å². The summed E-state index contributed by atoms with van der Waals surface area (Å²) in [6, 6.07) is -0.782. The zero-order valence-corrected chi connectivity index (χ0v) is 9.69. The number of amides is 2. The summed E-state index contributed by atoms with van der Waals surface area (Å²) in [5, 5.41) is 4.23. The Bertz CT molecular complexity index is 263. The zero-order valence-electron chi connectivity index (χ0n) is 9.69. The van der Waals surface area contributed by atoms with Crippen LogP contribution in [0.5, 0.6) is 0 Å². The average Bonchev–Trinajstić information content (AvgIpc) is 2.24. The Morgan fingerprint density at radius 3 is 2.41 bits per heavy atom. The summed E-state index contributed by atoms with van der Waals surface area (Å²) >= 11 is 0. The molecule has 1 rings (SSSR count). The smallest absolute Gasteiger partial charge is 0.381 e. The third-order valence-electron chi connectivity index (χ3n) is 2.83. The first-order valence-electron chi connectivity index (χ1n) is 5.47. The summed E-state index contributed by atoms with van der Waals surface area (Å²) in [5.41, 5.74) is -0.0895. The molecule has 1 aliphatic heterocycles. The van der Waals surface area contributed by atoms with Crippen LogP contribution in [0.2, 0.25) is 0 Å². The van der Waals surface area contributed by atoms with Gasteiger partial charge in [-0.3, -0.25) is 0 Å². The Morgan fingerprint density at radius 2 is 1.88 bits per heavy atom. The predicted octanol–water partition coefficient (Wildman–Crippen LogP) is 1.66. The van der Waals surface area contributed by atoms with Gasteiger partial charge in [-0.25, -0.2) is 4.79 Å². The van der Waals surface area contributed by atoms with E-state index >= 15 is 0 Å². The van der Waals surface area contributed by atoms with Gasteiger partial charge in [0.15, 0.2) is 0 Å². The van der Waals surface area contributed by atoms with E-state index in [1.54, 1.807) is 5.32 Å². The monoisotopic (exact) mass is 254 g/mol. The number of nitrogens with one attached hydrogen (secondary N) is 2. The fraction of sp³-hybridized carbons (Fsp3) is 0.900. The lowest BCUT2D eigenvalue weighted by molar-refractivity contribution is -0.122. The van der Waals surface area contributed by atoms with E-state index in [4.69, 9.17) is 4.74 Å². The molecule has 1 saturated heterocycles. The Kier molecular flexibility index (Phi) is 4.62. The Balaban J connectivity index is 2.23. The number of ether oxygens (including phenoxy) is 1. The summed E-state index contributed by atoms with van der Waals surface area (Å²) < 4.78 is 40.7. The minimum atomic E-state index is -4.38. The third kappa shape index (κ3) is 5.76. The molecule has 0 atom stereocenters. The van der Waals surface area contributed by atoms with Crippen LogP contribution in [0.4, 0.5) is 18.0 Å². The highest BCUT2D eigenvalue weighted by Gasteiger charge is 2.30. The fourth-order valence-electron chi connectivity index (χ4n) is 1.58. The molecule has 0 unspecified atom stereocenters. The molecule has 17 heavy (non-hydrogen) atoms. The Hall–Kier alpha value is -0.980. The first-order chi connectivity index (χ1) is 7.81. The van der Waals surface area contributed by atoms with Crippen molar-refractivity contribution in [3.05, 3.63) is 0 Å². The van der Waals surface area contributed by atoms with Gasteiger partial charge in [0, 0.05) is 19.8 Å². The summed E-state index contributed by atoms with van der Waals surface area (Å²) in [6.45, 7) is 2.29. The molecule has 4 nitrogen and oxygen atoms in total. The maximum Gasteiger partial charge on any atom is 0.405 e. The number of carbonyl (C=O) groups excluding carboxylic acids is 1. The molecular formula is C10H17F3N2O2. The SMILES string of the molecule is CC1(CNC(=O)NCC(F)(F)F)CCOCC1. The molecule has 0 radical (unpaired) electrons. The van der Waals surface area contributed by atoms with Crippen LogP contribution >= 0.6 is 0 Å². The number of rotatable bonds is 3. The van der Waals surface area contributed by atoms with Gasteiger partial charge in [0.25, 0.3) is 0 Å². The van der Waals surface area contributed by atoms with Crippen molar-refractivity contribution >= 4 is 6.03 Å². The Morgan fingerprint density at radius 1 is 1.29 bits per heavy atom. The van der Waals surface area contributed by atoms with Crippen LogP contribution in [0.15, 0.2) is 0 Å². The maximum absolute atomic E-state index is 11.8. The van der Waals surface area contributed by atoms with Crippen molar-refractivity contribution in [3.8, 4) is 0 Å². The van der Waals surface area contributed by atoms with Gasteiger partial charge in [0.2, 0.25) is 0 Å². The quantitative estimate of drug-likeness (QED) is 0.804. The van der Waals surface area contributed by atoms with E-state index < -0.39 is 18.8 Å². The van der Waals surface area contributed by atoms with E-state index in [-0.39, 0.29) is 5.41 Å². The minimum absolute atomic E-state index is 0.0895. The second kappa shape index (κ2) is 5.57. The highest BCUT2D eigenvalue weighted by molar-refractivity contribution is 5.73. The number of carbonyl (C=O) groups is 1. The lowest BCUT2D eigenvalue weighted by Gasteiger charge is -2.33. The van der Waals surface area contributed by atoms with Crippen molar-refractivity contribution in [1.29, 1.82) is 0 Å². The molecule has 0 saturated carbocycles. The van der Waals surface area contributed by atoms with Gasteiger partial charge in [-0.05, 0) is 18.3 Å². The van der Waals surface area contributed by atoms with Crippen LogP contribution in [0.1, 0.15) is 19.8 Å². The number of halogens is 3. The van der Waals surface area contributed by atoms with Gasteiger partial charge in [0.05, 0.1) is 0 Å². The summed E-state index contributed by atoms with van der Waals surface area (Å²) in [7, 11) is 0. The molecular weight excluding hydrogens is 237 g/mol. The molecule has 0 spiro atoms. The van der Waals surface area contributed by atoms with Gasteiger partial charge in [-0.2, -0.15) is 13.2 Å². The second-order valence-electron chi connectivity index (χ2n) is 4.57. The van der Waals surface area contributed by atoms with Crippen LogP contribution in [0.3, 0.4) is 0 Å². The standard InChI is InChI=1S/C10H17F3N2O2/c1-9(2-4-17-5-3-9)6-14-8(16)15-7-10(11,12)13/h2-7H2,1H3,(H2,14,15,16). The molecule has 100 valence electrons. The van der Waals surface area contributed by atoms with Crippen molar-refractivity contribution in [1.82, 2.24) is 10.6 Å². The lowest BCUT2D eigenvalue weighted by Crippen LogP contribution is -2.45. The molecule has 0 aromatic carbocycles. The van der Waals surface area contributed by atoms with E-state index in [1.807, 2.05) is 6.92 Å². The van der Waals surface area contributed by atoms with Crippen LogP contribution in [0.25, 0.3) is 0 Å². The van der Waals surface area contributed by atoms with Gasteiger partial charge in [-0.15, -0.1) is 0 Å². The van der Waals surface area contributed by atoms with Gasteiger partial charge in [-0.1, -0.05) is 6.92 Å². The fourth-order valence-corrected chi connectivity index (χ4v) is 1.58. The molecule has 0 bridgehead atoms. The largest absolute Gasteiger partial charge is 0.405 e. The molecule has 0 aromatic rings. The number of hydrogen-bond donors (Lipinski definition) is 2. The predicted molar refractivity (Wildman–Crippen MR) is 55.6 cm³/mol. The maximum atomic E-state index is 11.8. The van der Waals surface area contributed by atoms with E-state index in [1.165, 1.54) is 0 Å². The second-order valence-corrected chi connectivity index (χ2v) is 4.57. The first kappa shape index (κ1) is 14.1. The number of urea groups is 1. The highest BCUT2D eigenvalue weighted by Crippen LogP contribution is 2.28. The summed E-state index contributed by atoms with van der Waals surface area (Å²) in [4.78, 5) is 11.1. The third-order valence-corrected chi connectivity index (χ3v) is 2.83.